The molecule has 7 nitrogen and oxygen atoms in total. The van der Waals surface area contributed by atoms with Crippen molar-refractivity contribution in [2.75, 3.05) is 52.4 Å². The Balaban J connectivity index is 1.20. The highest BCUT2D eigenvalue weighted by Gasteiger charge is 2.53. The fourth-order valence-electron chi connectivity index (χ4n) is 7.22. The van der Waals surface area contributed by atoms with Crippen molar-refractivity contribution >= 4 is 23.5 Å². The second kappa shape index (κ2) is 13.1. The number of benzene rings is 3. The predicted molar refractivity (Wildman–Crippen MR) is 170 cm³/mol. The summed E-state index contributed by atoms with van der Waals surface area (Å²) in [7, 11) is 0. The van der Waals surface area contributed by atoms with Gasteiger partial charge in [0.05, 0.1) is 12.1 Å². The third-order valence-corrected chi connectivity index (χ3v) is 9.73. The second-order valence-corrected chi connectivity index (χ2v) is 12.6. The molecule has 2 saturated heterocycles. The minimum atomic E-state index is -0.352. The Hall–Kier alpha value is -3.39. The van der Waals surface area contributed by atoms with Gasteiger partial charge >= 0.3 is 6.03 Å². The first-order valence-electron chi connectivity index (χ1n) is 15.6. The Morgan fingerprint density at radius 2 is 1.47 bits per heavy atom. The van der Waals surface area contributed by atoms with E-state index in [1.807, 2.05) is 15.9 Å². The van der Waals surface area contributed by atoms with Gasteiger partial charge in [0.1, 0.15) is 0 Å². The molecule has 0 spiro atoms. The van der Waals surface area contributed by atoms with Gasteiger partial charge in [0.25, 0.3) is 5.91 Å². The maximum Gasteiger partial charge on any atom is 0.320 e. The van der Waals surface area contributed by atoms with Crippen LogP contribution in [0.25, 0.3) is 11.1 Å². The van der Waals surface area contributed by atoms with E-state index in [1.165, 1.54) is 30.4 Å². The van der Waals surface area contributed by atoms with Gasteiger partial charge in [0.2, 0.25) is 0 Å². The highest BCUT2D eigenvalue weighted by molar-refractivity contribution is 6.30. The molecule has 0 radical (unpaired) electrons. The van der Waals surface area contributed by atoms with Crippen molar-refractivity contribution in [3.8, 4) is 11.1 Å². The second-order valence-electron chi connectivity index (χ2n) is 12.1. The third kappa shape index (κ3) is 6.17. The van der Waals surface area contributed by atoms with Crippen molar-refractivity contribution in [1.29, 1.82) is 0 Å². The third-order valence-electron chi connectivity index (χ3n) is 9.50. The zero-order valence-electron chi connectivity index (χ0n) is 24.7. The lowest BCUT2D eigenvalue weighted by Crippen LogP contribution is -2.72. The van der Waals surface area contributed by atoms with Gasteiger partial charge in [0.15, 0.2) is 0 Å². The van der Waals surface area contributed by atoms with Crippen LogP contribution in [0.4, 0.5) is 4.79 Å². The number of likely N-dealkylation sites (tertiary alicyclic amines) is 1. The van der Waals surface area contributed by atoms with E-state index in [2.05, 4.69) is 53.4 Å². The summed E-state index contributed by atoms with van der Waals surface area (Å²) in [4.78, 5) is 35.0. The molecule has 2 heterocycles. The summed E-state index contributed by atoms with van der Waals surface area (Å²) in [5.41, 5.74) is 3.76. The molecule has 3 aromatic rings. The summed E-state index contributed by atoms with van der Waals surface area (Å²) in [6, 6.07) is 26.6. The maximum absolute atomic E-state index is 13.8. The van der Waals surface area contributed by atoms with E-state index < -0.39 is 0 Å². The van der Waals surface area contributed by atoms with Gasteiger partial charge < -0.3 is 19.8 Å². The Morgan fingerprint density at radius 1 is 0.791 bits per heavy atom. The fourth-order valence-corrected chi connectivity index (χ4v) is 7.41. The number of piperazine rings is 1. The van der Waals surface area contributed by atoms with Gasteiger partial charge in [0, 0.05) is 62.4 Å². The molecule has 3 fully saturated rings. The van der Waals surface area contributed by atoms with Crippen LogP contribution in [-0.2, 0) is 5.54 Å². The number of halogens is 1. The number of carbonyl (C=O) groups excluding carboxylic acids is 2. The van der Waals surface area contributed by atoms with E-state index in [0.29, 0.717) is 62.4 Å². The lowest BCUT2D eigenvalue weighted by molar-refractivity contribution is -0.0801. The van der Waals surface area contributed by atoms with Crippen molar-refractivity contribution in [2.45, 2.75) is 43.7 Å². The first kappa shape index (κ1) is 29.7. The molecule has 2 aliphatic heterocycles. The minimum Gasteiger partial charge on any atom is -0.395 e. The Kier molecular flexibility index (Phi) is 9.03. The van der Waals surface area contributed by atoms with Crippen LogP contribution < -0.4 is 0 Å². The van der Waals surface area contributed by atoms with E-state index in [4.69, 9.17) is 11.6 Å². The molecule has 3 aromatic carbocycles. The maximum atomic E-state index is 13.8. The number of nitrogens with zero attached hydrogens (tertiary/aromatic N) is 4. The van der Waals surface area contributed by atoms with Crippen LogP contribution in [0.1, 0.15) is 48.0 Å². The summed E-state index contributed by atoms with van der Waals surface area (Å²) >= 11 is 6.10. The van der Waals surface area contributed by atoms with Crippen LogP contribution in [0.2, 0.25) is 5.02 Å². The normalized spacial score (nSPS) is 18.9. The van der Waals surface area contributed by atoms with E-state index in [1.54, 1.807) is 29.2 Å². The van der Waals surface area contributed by atoms with E-state index in [-0.39, 0.29) is 24.1 Å². The van der Waals surface area contributed by atoms with Crippen LogP contribution in [0.15, 0.2) is 78.9 Å². The molecule has 3 aliphatic rings. The topological polar surface area (TPSA) is 67.3 Å². The van der Waals surface area contributed by atoms with Gasteiger partial charge in [-0.1, -0.05) is 85.5 Å². The van der Waals surface area contributed by atoms with Crippen LogP contribution in [-0.4, -0.2) is 95.1 Å². The predicted octanol–water partition coefficient (Wildman–Crippen LogP) is 5.72. The van der Waals surface area contributed by atoms with Crippen LogP contribution >= 0.6 is 11.6 Å². The average molecular weight is 601 g/mol. The lowest BCUT2D eigenvalue weighted by atomic mass is 9.77. The number of carbonyl (C=O) groups is 2. The molecule has 3 amide bonds. The summed E-state index contributed by atoms with van der Waals surface area (Å²) in [6.07, 6.45) is 5.91. The number of hydrogen-bond acceptors (Lipinski definition) is 4. The number of rotatable bonds is 7. The summed E-state index contributed by atoms with van der Waals surface area (Å²) < 4.78 is 0. The summed E-state index contributed by atoms with van der Waals surface area (Å²) in [5, 5.41) is 10.7. The van der Waals surface area contributed by atoms with Crippen molar-refractivity contribution in [3.05, 3.63) is 95.0 Å². The molecule has 0 aromatic heterocycles. The number of hydrogen-bond donors (Lipinski definition) is 1. The molecule has 0 unspecified atom stereocenters. The first-order valence-corrected chi connectivity index (χ1v) is 16.0. The van der Waals surface area contributed by atoms with Crippen LogP contribution in [0.5, 0.6) is 0 Å². The molecule has 1 N–H and O–H groups in total. The number of amides is 3. The monoisotopic (exact) mass is 600 g/mol. The largest absolute Gasteiger partial charge is 0.395 e. The zero-order chi connectivity index (χ0) is 29.8. The summed E-state index contributed by atoms with van der Waals surface area (Å²) in [6.45, 7) is 3.84. The lowest BCUT2D eigenvalue weighted by Gasteiger charge is -2.59. The van der Waals surface area contributed by atoms with Crippen molar-refractivity contribution in [2.24, 2.45) is 0 Å². The van der Waals surface area contributed by atoms with Gasteiger partial charge in [-0.2, -0.15) is 0 Å². The molecule has 226 valence electrons. The van der Waals surface area contributed by atoms with Crippen molar-refractivity contribution < 1.29 is 14.7 Å². The Morgan fingerprint density at radius 3 is 2.16 bits per heavy atom. The molecule has 1 aliphatic carbocycles. The molecular formula is C35H41ClN4O3. The Labute approximate surface area is 259 Å². The number of aliphatic hydroxyl groups is 1. The van der Waals surface area contributed by atoms with E-state index in [9.17, 15) is 14.7 Å². The zero-order valence-corrected chi connectivity index (χ0v) is 25.5. The van der Waals surface area contributed by atoms with Crippen LogP contribution in [0, 0.1) is 0 Å². The van der Waals surface area contributed by atoms with Gasteiger partial charge in [-0.05, 0) is 53.8 Å². The quantitative estimate of drug-likeness (QED) is 0.377. The highest BCUT2D eigenvalue weighted by Crippen LogP contribution is 2.43. The smallest absolute Gasteiger partial charge is 0.320 e. The standard InChI is InChI=1S/C35H41ClN4O3/c36-31-14-8-12-29(24-31)33(42)37-17-19-38(20-18-37)34(43)39-25-35(26-39,40(21-22-41)32-15-5-2-6-16-32)30-13-7-11-28(23-30)27-9-3-1-4-10-27/h1,3-4,7-14,23-24,32,41H,2,5-6,15-22,25-26H2. The van der Waals surface area contributed by atoms with Gasteiger partial charge in [-0.3, -0.25) is 9.69 Å². The van der Waals surface area contributed by atoms with Crippen LogP contribution in [0.3, 0.4) is 0 Å². The molecule has 0 bridgehead atoms. The SMILES string of the molecule is O=C(c1cccc(Cl)c1)N1CCN(C(=O)N2CC(c3cccc(-c4ccccc4)c3)(N(CCO)C3CCCCC3)C2)CC1. The number of aliphatic hydroxyl groups excluding tert-OH is 1. The highest BCUT2D eigenvalue weighted by atomic mass is 35.5. The summed E-state index contributed by atoms with van der Waals surface area (Å²) in [5.74, 6) is -0.0528. The van der Waals surface area contributed by atoms with E-state index in [0.717, 1.165) is 18.4 Å². The molecule has 43 heavy (non-hydrogen) atoms. The van der Waals surface area contributed by atoms with Crippen molar-refractivity contribution in [1.82, 2.24) is 19.6 Å². The number of urea groups is 1. The molecular weight excluding hydrogens is 560 g/mol. The van der Waals surface area contributed by atoms with E-state index >= 15 is 0 Å². The molecule has 0 atom stereocenters. The first-order chi connectivity index (χ1) is 21.0. The van der Waals surface area contributed by atoms with Gasteiger partial charge in [-0.15, -0.1) is 0 Å². The fraction of sp³-hybridized carbons (Fsp3) is 0.429. The van der Waals surface area contributed by atoms with Crippen molar-refractivity contribution in [3.63, 3.8) is 0 Å². The molecule has 1 saturated carbocycles. The Bertz CT molecular complexity index is 1410. The minimum absolute atomic E-state index is 0.0253. The van der Waals surface area contributed by atoms with Gasteiger partial charge in [-0.25, -0.2) is 4.79 Å². The average Bonchev–Trinajstić information content (AvgIpc) is 3.04. The molecule has 8 heteroatoms. The molecule has 6 rings (SSSR count).